The Morgan fingerprint density at radius 2 is 1.54 bits per heavy atom. The molecule has 1 aromatic carbocycles. The van der Waals surface area contributed by atoms with Crippen LogP contribution in [0.4, 0.5) is 10.6 Å². The molecule has 24 nitrogen and oxygen atoms in total. The lowest BCUT2D eigenvalue weighted by atomic mass is 9.90. The van der Waals surface area contributed by atoms with Crippen molar-refractivity contribution >= 4 is 121 Å². The number of aliphatic hydroxyl groups is 1. The zero-order chi connectivity index (χ0) is 63.0. The van der Waals surface area contributed by atoms with Crippen molar-refractivity contribution in [3.05, 3.63) is 118 Å². The molecule has 2 aliphatic heterocycles. The zero-order valence-electron chi connectivity index (χ0n) is 48.7. The van der Waals surface area contributed by atoms with Crippen LogP contribution in [0, 0.1) is 12.8 Å². The largest absolute Gasteiger partial charge is 0.480 e. The van der Waals surface area contributed by atoms with Crippen LogP contribution in [0.3, 0.4) is 0 Å². The summed E-state index contributed by atoms with van der Waals surface area (Å²) in [4.78, 5) is 130. The molecule has 2 aliphatic rings. The number of amides is 5. The second-order valence-corrected chi connectivity index (χ2v) is 26.9. The molecule has 1 fully saturated rings. The van der Waals surface area contributed by atoms with Crippen molar-refractivity contribution in [3.63, 3.8) is 0 Å². The lowest BCUT2D eigenvalue weighted by Crippen LogP contribution is -2.40. The number of thiazole rings is 6. The Morgan fingerprint density at radius 1 is 0.809 bits per heavy atom. The number of ketones is 1. The SMILES string of the molecule is C=C1NCC(=O)N[C@@H]([C@@H](O)c2ccccc2)c2nc(cs2)-c2nc(cs2)-c2nc(-c3nc(NC(=O)OCCCC(=O)N4CCC[C@H]4C(=O)O)cs3)ccc2-c2nc(cs2)C(=O)N[C@@H](CC(=O)NC)c2nc(c(C)s2)C(=O)C[C@H](C(C)C)c2nc1c(COC)s2. The lowest BCUT2D eigenvalue weighted by Gasteiger charge is -2.23. The number of aromatic nitrogens is 7. The predicted octanol–water partition coefficient (Wildman–Crippen LogP) is 9.43. The molecule has 8 aromatic rings. The number of rotatable bonds is 14. The Balaban J connectivity index is 0.981. The van der Waals surface area contributed by atoms with E-state index in [-0.39, 0.29) is 92.1 Å². The van der Waals surface area contributed by atoms with E-state index in [1.807, 2.05) is 19.9 Å². The first-order valence-electron chi connectivity index (χ1n) is 28.1. The summed E-state index contributed by atoms with van der Waals surface area (Å²) in [5, 5.41) is 45.2. The van der Waals surface area contributed by atoms with Gasteiger partial charge in [0.1, 0.15) is 83.2 Å². The quantitative estimate of drug-likeness (QED) is 0.0498. The molecule has 7 aromatic heterocycles. The van der Waals surface area contributed by atoms with Gasteiger partial charge in [-0.2, -0.15) is 0 Å². The summed E-state index contributed by atoms with van der Waals surface area (Å²) in [7, 11) is 3.05. The van der Waals surface area contributed by atoms with Crippen LogP contribution in [0.25, 0.3) is 49.1 Å². The van der Waals surface area contributed by atoms with Gasteiger partial charge in [-0.05, 0) is 49.8 Å². The highest BCUT2D eigenvalue weighted by atomic mass is 32.1. The molecule has 9 heterocycles. The first-order chi connectivity index (χ1) is 42.8. The number of methoxy groups -OCH3 is 1. The number of Topliss-reactive ketones (excluding diaryl/α,β-unsaturated/α-hetero) is 1. The summed E-state index contributed by atoms with van der Waals surface area (Å²) in [6.45, 7) is 10.2. The van der Waals surface area contributed by atoms with Crippen LogP contribution in [0.2, 0.25) is 0 Å². The maximum absolute atomic E-state index is 14.4. The van der Waals surface area contributed by atoms with Gasteiger partial charge in [0.25, 0.3) is 5.91 Å². The lowest BCUT2D eigenvalue weighted by molar-refractivity contribution is -0.148. The average molecular weight is 1320 g/mol. The molecule has 0 aliphatic carbocycles. The highest BCUT2D eigenvalue weighted by molar-refractivity contribution is 7.15. The molecule has 30 heteroatoms. The van der Waals surface area contributed by atoms with Gasteiger partial charge < -0.3 is 45.9 Å². The summed E-state index contributed by atoms with van der Waals surface area (Å²) < 4.78 is 10.9. The Bertz CT molecular complexity index is 3950. The summed E-state index contributed by atoms with van der Waals surface area (Å²) >= 11 is 7.45. The highest BCUT2D eigenvalue weighted by Gasteiger charge is 2.35. The summed E-state index contributed by atoms with van der Waals surface area (Å²) in [5.74, 6) is -3.34. The van der Waals surface area contributed by atoms with E-state index in [0.29, 0.717) is 99.6 Å². The fourth-order valence-corrected chi connectivity index (χ4v) is 15.6. The summed E-state index contributed by atoms with van der Waals surface area (Å²) in [5.41, 5.74) is 3.68. The maximum Gasteiger partial charge on any atom is 0.412 e. The van der Waals surface area contributed by atoms with Gasteiger partial charge in [-0.3, -0.25) is 29.3 Å². The number of hydrogen-bond acceptors (Lipinski definition) is 24. The fourth-order valence-electron chi connectivity index (χ4n) is 9.98. The van der Waals surface area contributed by atoms with Crippen molar-refractivity contribution in [2.75, 3.05) is 39.2 Å². The minimum absolute atomic E-state index is 0.0149. The molecule has 10 rings (SSSR count). The third kappa shape index (κ3) is 15.0. The van der Waals surface area contributed by atoms with Crippen LogP contribution in [0.1, 0.15) is 133 Å². The number of carbonyl (C=O) groups is 7. The molecule has 0 spiro atoms. The van der Waals surface area contributed by atoms with Crippen molar-refractivity contribution in [3.8, 4) is 43.4 Å². The number of likely N-dealkylation sites (tertiary alicyclic amines) is 1. The van der Waals surface area contributed by atoms with E-state index in [2.05, 4.69) is 38.1 Å². The molecule has 1 saturated heterocycles. The first-order valence-corrected chi connectivity index (χ1v) is 33.3. The number of aliphatic hydroxyl groups excluding tert-OH is 1. The number of carboxylic acids is 1. The molecule has 0 radical (unpaired) electrons. The predicted molar refractivity (Wildman–Crippen MR) is 340 cm³/mol. The molecule has 89 heavy (non-hydrogen) atoms. The minimum Gasteiger partial charge on any atom is -0.480 e. The Kier molecular flexibility index (Phi) is 20.5. The summed E-state index contributed by atoms with van der Waals surface area (Å²) in [6.07, 6.45) is -0.985. The van der Waals surface area contributed by atoms with Crippen molar-refractivity contribution in [2.45, 2.75) is 96.1 Å². The van der Waals surface area contributed by atoms with Crippen LogP contribution in [-0.4, -0.2) is 131 Å². The smallest absolute Gasteiger partial charge is 0.412 e. The van der Waals surface area contributed by atoms with Crippen molar-refractivity contribution < 1.29 is 53.2 Å². The van der Waals surface area contributed by atoms with Gasteiger partial charge >= 0.3 is 12.1 Å². The number of aliphatic carboxylic acids is 1. The number of nitrogens with zero attached hydrogens (tertiary/aromatic N) is 8. The molecule has 464 valence electrons. The number of anilines is 1. The first kappa shape index (κ1) is 63.9. The zero-order valence-corrected chi connectivity index (χ0v) is 53.6. The number of nitrogens with one attached hydrogen (secondary N) is 5. The van der Waals surface area contributed by atoms with Crippen LogP contribution < -0.4 is 26.6 Å². The third-order valence-electron chi connectivity index (χ3n) is 14.6. The van der Waals surface area contributed by atoms with Gasteiger partial charge in [-0.25, -0.2) is 44.5 Å². The number of fused-ring (bicyclic) bond motifs is 14. The van der Waals surface area contributed by atoms with Gasteiger partial charge in [0, 0.05) is 71.4 Å². The fraction of sp³-hybridized carbons (Fsp3) is 0.356. The second kappa shape index (κ2) is 28.6. The molecule has 5 atom stereocenters. The molecular weight excluding hydrogens is 1260 g/mol. The van der Waals surface area contributed by atoms with E-state index in [1.54, 1.807) is 72.0 Å². The van der Waals surface area contributed by atoms with Gasteiger partial charge in [0.2, 0.25) is 17.7 Å². The second-order valence-electron chi connectivity index (χ2n) is 21.1. The van der Waals surface area contributed by atoms with Gasteiger partial charge in [-0.1, -0.05) is 50.8 Å². The number of pyridine rings is 1. The molecule has 0 unspecified atom stereocenters. The van der Waals surface area contributed by atoms with Crippen LogP contribution in [0.5, 0.6) is 0 Å². The van der Waals surface area contributed by atoms with E-state index in [1.165, 1.54) is 80.0 Å². The monoisotopic (exact) mass is 1320 g/mol. The Hall–Kier alpha value is -8.10. The number of aryl methyl sites for hydroxylation is 1. The Morgan fingerprint density at radius 3 is 2.30 bits per heavy atom. The number of carboxylic acid groups (broad SMARTS) is 1. The van der Waals surface area contributed by atoms with Gasteiger partial charge in [0.15, 0.2) is 5.78 Å². The number of hydrogen-bond donors (Lipinski definition) is 7. The van der Waals surface area contributed by atoms with Crippen LogP contribution in [-0.2, 0) is 35.3 Å². The Labute approximate surface area is 534 Å². The molecule has 5 amide bonds. The van der Waals surface area contributed by atoms with E-state index >= 15 is 0 Å². The summed E-state index contributed by atoms with van der Waals surface area (Å²) in [6, 6.07) is 9.58. The average Bonchev–Trinajstić information content (AvgIpc) is 1.78. The van der Waals surface area contributed by atoms with E-state index in [9.17, 15) is 43.8 Å². The molecular formula is C59H61N13O11S6. The number of carbonyl (C=O) groups excluding carboxylic acids is 6. The van der Waals surface area contributed by atoms with Crippen molar-refractivity contribution in [2.24, 2.45) is 5.92 Å². The van der Waals surface area contributed by atoms with E-state index in [4.69, 9.17) is 39.4 Å². The topological polar surface area (TPSA) is 332 Å². The van der Waals surface area contributed by atoms with Crippen LogP contribution >= 0.6 is 68.0 Å². The van der Waals surface area contributed by atoms with E-state index < -0.39 is 48.1 Å². The van der Waals surface area contributed by atoms with Crippen molar-refractivity contribution in [1.82, 2.24) is 61.1 Å². The molecule has 7 N–H and O–H groups in total. The van der Waals surface area contributed by atoms with Gasteiger partial charge in [0.05, 0.1) is 53.5 Å². The maximum atomic E-state index is 14.4. The number of benzene rings is 1. The minimum atomic E-state index is -1.23. The van der Waals surface area contributed by atoms with E-state index in [0.717, 1.165) is 4.88 Å². The van der Waals surface area contributed by atoms with Crippen molar-refractivity contribution in [1.29, 1.82) is 0 Å². The highest BCUT2D eigenvalue weighted by Crippen LogP contribution is 2.41. The van der Waals surface area contributed by atoms with Gasteiger partial charge in [-0.15, -0.1) is 68.0 Å². The molecule has 10 bridgehead atoms. The standard InChI is InChI=1S/C59H61N13O11S6/c1-28(2)33-20-40(73)47-30(4)88-56(71-47)35(21-43(74)60-5)63-51(78)37-25-84-52(65-37)32-16-17-34(54-67-42(27-87-54)68-59(81)83-19-11-15-45(76)72-18-10-14-39(72)58(79)80)62-48(32)36-24-85-55(64-36)38-26-86-57(66-38)49(50(77)31-12-8-7-9-13-31)69-44(75)22-61-29(3)46-41(23-82-6)89-53(33)70-46/h7-9,12-13,16-17,24-28,33,35,39,49-50,61,77H,3,10-11,14-15,18-23H2,1-2,4-6H3,(H,60,74)(H,63,78)(H,68,81)(H,69,75)(H,79,80)/t33-,35+,39+,49+,50+/m1/s1. The third-order valence-corrected chi connectivity index (χ3v) is 20.4. The van der Waals surface area contributed by atoms with Crippen LogP contribution in [0.15, 0.2) is 70.6 Å². The normalized spacial score (nSPS) is 17.8. The number of ether oxygens (including phenoxy) is 2. The molecule has 0 saturated carbocycles.